The van der Waals surface area contributed by atoms with Crippen LogP contribution < -0.4 is 10.1 Å². The van der Waals surface area contributed by atoms with Gasteiger partial charge in [0.2, 0.25) is 5.91 Å². The van der Waals surface area contributed by atoms with Gasteiger partial charge in [-0.25, -0.2) is 0 Å². The van der Waals surface area contributed by atoms with Crippen LogP contribution in [0.25, 0.3) is 10.8 Å². The van der Waals surface area contributed by atoms with Crippen molar-refractivity contribution in [1.29, 1.82) is 0 Å². The Morgan fingerprint density at radius 1 is 0.931 bits per heavy atom. The highest BCUT2D eigenvalue weighted by atomic mass is 16.5. The minimum Gasteiger partial charge on any atom is -0.494 e. The summed E-state index contributed by atoms with van der Waals surface area (Å²) in [5.41, 5.74) is 1.61. The molecule has 6 heteroatoms. The molecule has 1 heterocycles. The van der Waals surface area contributed by atoms with Crippen molar-refractivity contribution in [3.8, 4) is 5.75 Å². The van der Waals surface area contributed by atoms with E-state index in [0.29, 0.717) is 28.8 Å². The fourth-order valence-electron chi connectivity index (χ4n) is 3.52. The summed E-state index contributed by atoms with van der Waals surface area (Å²) < 4.78 is 5.37. The van der Waals surface area contributed by atoms with E-state index in [0.717, 1.165) is 16.0 Å². The van der Waals surface area contributed by atoms with Crippen LogP contribution >= 0.6 is 0 Å². The Kier molecular flexibility index (Phi) is 4.99. The third kappa shape index (κ3) is 3.57. The fourth-order valence-corrected chi connectivity index (χ4v) is 3.52. The van der Waals surface area contributed by atoms with Crippen LogP contribution in [0.1, 0.15) is 34.1 Å². The molecule has 1 aliphatic rings. The van der Waals surface area contributed by atoms with E-state index in [9.17, 15) is 14.4 Å². The molecule has 4 rings (SSSR count). The zero-order chi connectivity index (χ0) is 20.4. The maximum atomic E-state index is 12.8. The molecule has 0 saturated heterocycles. The van der Waals surface area contributed by atoms with E-state index < -0.39 is 0 Å². The highest BCUT2D eigenvalue weighted by Crippen LogP contribution is 2.30. The Labute approximate surface area is 168 Å². The minimum atomic E-state index is -0.367. The molecular weight excluding hydrogens is 368 g/mol. The monoisotopic (exact) mass is 388 g/mol. The van der Waals surface area contributed by atoms with Crippen molar-refractivity contribution in [1.82, 2.24) is 4.90 Å². The first kappa shape index (κ1) is 18.7. The van der Waals surface area contributed by atoms with Crippen molar-refractivity contribution in [2.75, 3.05) is 18.5 Å². The van der Waals surface area contributed by atoms with Gasteiger partial charge < -0.3 is 10.1 Å². The van der Waals surface area contributed by atoms with Crippen molar-refractivity contribution < 1.29 is 19.1 Å². The molecule has 0 aliphatic carbocycles. The third-order valence-corrected chi connectivity index (χ3v) is 4.87. The highest BCUT2D eigenvalue weighted by Gasteiger charge is 2.32. The molecule has 0 bridgehead atoms. The topological polar surface area (TPSA) is 75.7 Å². The number of rotatable bonds is 6. The van der Waals surface area contributed by atoms with Gasteiger partial charge in [-0.2, -0.15) is 0 Å². The van der Waals surface area contributed by atoms with E-state index >= 15 is 0 Å². The SMILES string of the molecule is CCOc1ccc(NC(=O)CCN2C(=O)c3cccc4cccc(c34)C2=O)cc1. The van der Waals surface area contributed by atoms with E-state index in [2.05, 4.69) is 5.32 Å². The van der Waals surface area contributed by atoms with Crippen LogP contribution in [0.3, 0.4) is 0 Å². The van der Waals surface area contributed by atoms with Gasteiger partial charge in [-0.1, -0.05) is 24.3 Å². The van der Waals surface area contributed by atoms with Gasteiger partial charge in [0, 0.05) is 35.2 Å². The second-order valence-corrected chi connectivity index (χ2v) is 6.73. The van der Waals surface area contributed by atoms with Gasteiger partial charge in [0.1, 0.15) is 5.75 Å². The summed E-state index contributed by atoms with van der Waals surface area (Å²) in [7, 11) is 0. The second-order valence-electron chi connectivity index (χ2n) is 6.73. The number of ether oxygens (including phenoxy) is 1. The largest absolute Gasteiger partial charge is 0.494 e. The van der Waals surface area contributed by atoms with E-state index in [1.165, 1.54) is 0 Å². The summed E-state index contributed by atoms with van der Waals surface area (Å²) >= 11 is 0. The molecule has 0 radical (unpaired) electrons. The van der Waals surface area contributed by atoms with Crippen LogP contribution in [-0.4, -0.2) is 35.8 Å². The van der Waals surface area contributed by atoms with Gasteiger partial charge in [-0.15, -0.1) is 0 Å². The number of nitrogens with zero attached hydrogens (tertiary/aromatic N) is 1. The maximum Gasteiger partial charge on any atom is 0.261 e. The Morgan fingerprint density at radius 3 is 2.14 bits per heavy atom. The number of imide groups is 1. The minimum absolute atomic E-state index is 0.0167. The number of amides is 3. The van der Waals surface area contributed by atoms with Crippen molar-refractivity contribution in [2.24, 2.45) is 0 Å². The summed E-state index contributed by atoms with van der Waals surface area (Å²) in [5.74, 6) is -0.281. The number of benzene rings is 3. The standard InChI is InChI=1S/C23H20N2O4/c1-2-29-17-11-9-16(10-12-17)24-20(26)13-14-25-22(27)18-7-3-5-15-6-4-8-19(21(15)18)23(25)28/h3-12H,2,13-14H2,1H3,(H,24,26). The predicted molar refractivity (Wildman–Crippen MR) is 110 cm³/mol. The quantitative estimate of drug-likeness (QED) is 0.651. The van der Waals surface area contributed by atoms with Gasteiger partial charge in [0.25, 0.3) is 11.8 Å². The van der Waals surface area contributed by atoms with Gasteiger partial charge in [-0.05, 0) is 48.7 Å². The van der Waals surface area contributed by atoms with Gasteiger partial charge in [0.15, 0.2) is 0 Å². The Balaban J connectivity index is 1.45. The summed E-state index contributed by atoms with van der Waals surface area (Å²) in [4.78, 5) is 39.2. The Morgan fingerprint density at radius 2 is 1.55 bits per heavy atom. The van der Waals surface area contributed by atoms with Gasteiger partial charge in [0.05, 0.1) is 6.61 Å². The third-order valence-electron chi connectivity index (χ3n) is 4.87. The molecule has 3 aromatic carbocycles. The average Bonchev–Trinajstić information content (AvgIpc) is 2.73. The molecule has 0 fully saturated rings. The normalized spacial score (nSPS) is 12.9. The Bertz CT molecular complexity index is 1050. The summed E-state index contributed by atoms with van der Waals surface area (Å²) in [6.07, 6.45) is 0.0167. The predicted octanol–water partition coefficient (Wildman–Crippen LogP) is 3.86. The maximum absolute atomic E-state index is 12.8. The molecule has 1 aliphatic heterocycles. The van der Waals surface area contributed by atoms with Crippen LogP contribution in [0.15, 0.2) is 60.7 Å². The molecule has 29 heavy (non-hydrogen) atoms. The van der Waals surface area contributed by atoms with Crippen LogP contribution in [-0.2, 0) is 4.79 Å². The molecule has 0 atom stereocenters. The first-order chi connectivity index (χ1) is 14.1. The number of hydrogen-bond donors (Lipinski definition) is 1. The number of anilines is 1. The highest BCUT2D eigenvalue weighted by molar-refractivity contribution is 6.25. The summed E-state index contributed by atoms with van der Waals surface area (Å²) in [6, 6.07) is 17.8. The number of hydrogen-bond acceptors (Lipinski definition) is 4. The molecule has 0 unspecified atom stereocenters. The number of carbonyl (C=O) groups excluding carboxylic acids is 3. The first-order valence-electron chi connectivity index (χ1n) is 9.49. The van der Waals surface area contributed by atoms with E-state index in [1.54, 1.807) is 48.5 Å². The lowest BCUT2D eigenvalue weighted by Gasteiger charge is -2.27. The molecule has 1 N–H and O–H groups in total. The molecule has 146 valence electrons. The Hall–Kier alpha value is -3.67. The van der Waals surface area contributed by atoms with E-state index in [-0.39, 0.29) is 30.7 Å². The molecule has 0 spiro atoms. The van der Waals surface area contributed by atoms with Crippen LogP contribution in [0.2, 0.25) is 0 Å². The molecule has 3 amide bonds. The van der Waals surface area contributed by atoms with Crippen LogP contribution in [0.4, 0.5) is 5.69 Å². The number of nitrogens with one attached hydrogen (secondary N) is 1. The van der Waals surface area contributed by atoms with Crippen LogP contribution in [0, 0.1) is 0 Å². The lowest BCUT2D eigenvalue weighted by Crippen LogP contribution is -2.41. The van der Waals surface area contributed by atoms with E-state index in [4.69, 9.17) is 4.74 Å². The zero-order valence-corrected chi connectivity index (χ0v) is 16.0. The second kappa shape index (κ2) is 7.75. The van der Waals surface area contributed by atoms with Crippen molar-refractivity contribution in [3.63, 3.8) is 0 Å². The molecule has 0 saturated carbocycles. The molecule has 6 nitrogen and oxygen atoms in total. The fraction of sp³-hybridized carbons (Fsp3) is 0.174. The molecule has 0 aromatic heterocycles. The van der Waals surface area contributed by atoms with E-state index in [1.807, 2.05) is 19.1 Å². The van der Waals surface area contributed by atoms with Gasteiger partial charge in [-0.3, -0.25) is 19.3 Å². The van der Waals surface area contributed by atoms with Gasteiger partial charge >= 0.3 is 0 Å². The van der Waals surface area contributed by atoms with Crippen molar-refractivity contribution in [2.45, 2.75) is 13.3 Å². The average molecular weight is 388 g/mol. The smallest absolute Gasteiger partial charge is 0.261 e. The molecule has 3 aromatic rings. The lowest BCUT2D eigenvalue weighted by molar-refractivity contribution is -0.116. The molecular formula is C23H20N2O4. The lowest BCUT2D eigenvalue weighted by atomic mass is 9.94. The van der Waals surface area contributed by atoms with Crippen LogP contribution in [0.5, 0.6) is 5.75 Å². The van der Waals surface area contributed by atoms with Crippen molar-refractivity contribution >= 4 is 34.2 Å². The number of carbonyl (C=O) groups is 3. The first-order valence-corrected chi connectivity index (χ1v) is 9.49. The summed E-state index contributed by atoms with van der Waals surface area (Å²) in [6.45, 7) is 2.49. The van der Waals surface area contributed by atoms with Crippen molar-refractivity contribution in [3.05, 3.63) is 71.8 Å². The summed E-state index contributed by atoms with van der Waals surface area (Å²) in [5, 5.41) is 4.31. The zero-order valence-electron chi connectivity index (χ0n) is 16.0.